The fourth-order valence-electron chi connectivity index (χ4n) is 2.67. The van der Waals surface area contributed by atoms with E-state index < -0.39 is 0 Å². The highest BCUT2D eigenvalue weighted by atomic mass is 16.1. The number of amides is 1. The average Bonchev–Trinajstić information content (AvgIpc) is 2.54. The van der Waals surface area contributed by atoms with E-state index in [0.717, 1.165) is 50.4 Å². The number of nitrogens with one attached hydrogen (secondary N) is 1. The van der Waals surface area contributed by atoms with Crippen LogP contribution in [0.2, 0.25) is 0 Å². The van der Waals surface area contributed by atoms with Crippen LogP contribution in [0, 0.1) is 5.92 Å². The number of rotatable bonds is 6. The van der Waals surface area contributed by atoms with Gasteiger partial charge in [0.25, 0.3) is 0 Å². The number of likely N-dealkylation sites (N-methyl/N-ethyl adjacent to an activating group) is 1. The number of carbonyl (C=O) groups excluding carboxylic acids is 1. The number of carbonyl (C=O) groups is 1. The topological polar surface area (TPSA) is 48.5 Å². The molecule has 1 atom stereocenters. The molecule has 1 aromatic rings. The molecule has 2 heterocycles. The predicted molar refractivity (Wildman–Crippen MR) is 89.9 cm³/mol. The van der Waals surface area contributed by atoms with Crippen LogP contribution in [0.1, 0.15) is 32.3 Å². The second-order valence-electron chi connectivity index (χ2n) is 6.22. The molecule has 0 aliphatic carbocycles. The predicted octanol–water partition coefficient (Wildman–Crippen LogP) is 1.89. The molecule has 1 saturated heterocycles. The molecule has 1 N–H and O–H groups in total. The molecule has 5 nitrogen and oxygen atoms in total. The summed E-state index contributed by atoms with van der Waals surface area (Å²) in [5.74, 6) is 1.25. The number of anilines is 1. The first-order valence-corrected chi connectivity index (χ1v) is 8.26. The van der Waals surface area contributed by atoms with Crippen LogP contribution in [-0.4, -0.2) is 49.0 Å². The van der Waals surface area contributed by atoms with Crippen LogP contribution in [0.5, 0.6) is 0 Å². The third kappa shape index (κ3) is 4.70. The van der Waals surface area contributed by atoms with Gasteiger partial charge in [-0.1, -0.05) is 26.3 Å². The zero-order chi connectivity index (χ0) is 15.9. The summed E-state index contributed by atoms with van der Waals surface area (Å²) in [6, 6.07) is 4.12. The molecule has 122 valence electrons. The van der Waals surface area contributed by atoms with Gasteiger partial charge in [0.2, 0.25) is 5.91 Å². The molecule has 0 saturated carbocycles. The van der Waals surface area contributed by atoms with Gasteiger partial charge >= 0.3 is 0 Å². The summed E-state index contributed by atoms with van der Waals surface area (Å²) in [6.07, 6.45) is 3.85. The molecular formula is C17H28N4O. The summed E-state index contributed by atoms with van der Waals surface area (Å²) in [7, 11) is 2.15. The van der Waals surface area contributed by atoms with Crippen molar-refractivity contribution in [2.45, 2.75) is 33.2 Å². The Balaban J connectivity index is 1.83. The lowest BCUT2D eigenvalue weighted by Gasteiger charge is -2.33. The van der Waals surface area contributed by atoms with E-state index in [0.29, 0.717) is 6.54 Å². The van der Waals surface area contributed by atoms with Gasteiger partial charge < -0.3 is 15.1 Å². The third-order valence-electron chi connectivity index (χ3n) is 4.27. The smallest absolute Gasteiger partial charge is 0.223 e. The van der Waals surface area contributed by atoms with Crippen molar-refractivity contribution in [1.29, 1.82) is 0 Å². The van der Waals surface area contributed by atoms with Crippen molar-refractivity contribution in [3.63, 3.8) is 0 Å². The van der Waals surface area contributed by atoms with Crippen LogP contribution < -0.4 is 10.2 Å². The summed E-state index contributed by atoms with van der Waals surface area (Å²) in [5, 5.41) is 2.99. The number of piperazine rings is 1. The first kappa shape index (κ1) is 16.7. The fourth-order valence-corrected chi connectivity index (χ4v) is 2.67. The van der Waals surface area contributed by atoms with Crippen molar-refractivity contribution in [1.82, 2.24) is 15.2 Å². The van der Waals surface area contributed by atoms with Crippen molar-refractivity contribution in [2.75, 3.05) is 38.1 Å². The normalized spacial score (nSPS) is 17.3. The Kier molecular flexibility index (Phi) is 6.19. The SMILES string of the molecule is CCCC(C)C(=O)NCc1ccc(N2CCN(C)CC2)nc1. The first-order chi connectivity index (χ1) is 10.6. The zero-order valence-electron chi connectivity index (χ0n) is 14.0. The highest BCUT2D eigenvalue weighted by Gasteiger charge is 2.15. The van der Waals surface area contributed by atoms with E-state index in [-0.39, 0.29) is 11.8 Å². The Hall–Kier alpha value is -1.62. The second kappa shape index (κ2) is 8.13. The maximum atomic E-state index is 11.9. The zero-order valence-corrected chi connectivity index (χ0v) is 14.0. The first-order valence-electron chi connectivity index (χ1n) is 8.26. The molecule has 0 bridgehead atoms. The molecule has 1 fully saturated rings. The van der Waals surface area contributed by atoms with Gasteiger partial charge in [-0.25, -0.2) is 4.98 Å². The number of hydrogen-bond acceptors (Lipinski definition) is 4. The molecular weight excluding hydrogens is 276 g/mol. The van der Waals surface area contributed by atoms with Crippen molar-refractivity contribution in [2.24, 2.45) is 5.92 Å². The molecule has 1 unspecified atom stereocenters. The van der Waals surface area contributed by atoms with E-state index >= 15 is 0 Å². The lowest BCUT2D eigenvalue weighted by Crippen LogP contribution is -2.44. The van der Waals surface area contributed by atoms with Crippen LogP contribution in [0.15, 0.2) is 18.3 Å². The Labute approximate surface area is 133 Å². The lowest BCUT2D eigenvalue weighted by atomic mass is 10.1. The van der Waals surface area contributed by atoms with Crippen molar-refractivity contribution < 1.29 is 4.79 Å². The van der Waals surface area contributed by atoms with Crippen molar-refractivity contribution in [3.05, 3.63) is 23.9 Å². The van der Waals surface area contributed by atoms with Gasteiger partial charge in [-0.3, -0.25) is 4.79 Å². The molecule has 1 aliphatic rings. The third-order valence-corrected chi connectivity index (χ3v) is 4.27. The Bertz CT molecular complexity index is 466. The van der Waals surface area contributed by atoms with E-state index in [4.69, 9.17) is 0 Å². The monoisotopic (exact) mass is 304 g/mol. The fraction of sp³-hybridized carbons (Fsp3) is 0.647. The van der Waals surface area contributed by atoms with Gasteiger partial charge in [0.15, 0.2) is 0 Å². The van der Waals surface area contributed by atoms with Crippen LogP contribution >= 0.6 is 0 Å². The van der Waals surface area contributed by atoms with Crippen molar-refractivity contribution in [3.8, 4) is 0 Å². The highest BCUT2D eigenvalue weighted by molar-refractivity contribution is 5.78. The number of aromatic nitrogens is 1. The highest BCUT2D eigenvalue weighted by Crippen LogP contribution is 2.13. The van der Waals surface area contributed by atoms with Crippen LogP contribution in [0.3, 0.4) is 0 Å². The maximum absolute atomic E-state index is 11.9. The Morgan fingerprint density at radius 3 is 2.64 bits per heavy atom. The van der Waals surface area contributed by atoms with Gasteiger partial charge in [0.05, 0.1) is 0 Å². The van der Waals surface area contributed by atoms with Gasteiger partial charge in [-0.2, -0.15) is 0 Å². The maximum Gasteiger partial charge on any atom is 0.223 e. The summed E-state index contributed by atoms with van der Waals surface area (Å²) < 4.78 is 0. The molecule has 1 aromatic heterocycles. The largest absolute Gasteiger partial charge is 0.354 e. The summed E-state index contributed by atoms with van der Waals surface area (Å²) in [6.45, 7) is 8.84. The van der Waals surface area contributed by atoms with E-state index in [1.165, 1.54) is 0 Å². The Morgan fingerprint density at radius 2 is 2.05 bits per heavy atom. The van der Waals surface area contributed by atoms with Gasteiger partial charge in [-0.05, 0) is 25.1 Å². The summed E-state index contributed by atoms with van der Waals surface area (Å²) in [5.41, 5.74) is 1.05. The molecule has 0 spiro atoms. The minimum absolute atomic E-state index is 0.0857. The molecule has 0 radical (unpaired) electrons. The molecule has 1 aliphatic heterocycles. The number of nitrogens with zero attached hydrogens (tertiary/aromatic N) is 3. The van der Waals surface area contributed by atoms with E-state index in [1.54, 1.807) is 0 Å². The van der Waals surface area contributed by atoms with Crippen molar-refractivity contribution >= 4 is 11.7 Å². The van der Waals surface area contributed by atoms with Gasteiger partial charge in [-0.15, -0.1) is 0 Å². The van der Waals surface area contributed by atoms with Crippen LogP contribution in [0.25, 0.3) is 0 Å². The second-order valence-corrected chi connectivity index (χ2v) is 6.22. The molecule has 1 amide bonds. The molecule has 0 aromatic carbocycles. The number of pyridine rings is 1. The minimum Gasteiger partial charge on any atom is -0.354 e. The lowest BCUT2D eigenvalue weighted by molar-refractivity contribution is -0.124. The average molecular weight is 304 g/mol. The quantitative estimate of drug-likeness (QED) is 0.872. The van der Waals surface area contributed by atoms with E-state index in [1.807, 2.05) is 13.1 Å². The standard InChI is InChI=1S/C17H28N4O/c1-4-5-14(2)17(22)19-13-15-6-7-16(18-12-15)21-10-8-20(3)9-11-21/h6-7,12,14H,4-5,8-11,13H2,1-3H3,(H,19,22). The number of hydrogen-bond donors (Lipinski definition) is 1. The molecule has 2 rings (SSSR count). The van der Waals surface area contributed by atoms with E-state index in [9.17, 15) is 4.79 Å². The van der Waals surface area contributed by atoms with E-state index in [2.05, 4.69) is 46.2 Å². The molecule has 22 heavy (non-hydrogen) atoms. The van der Waals surface area contributed by atoms with Crippen LogP contribution in [-0.2, 0) is 11.3 Å². The van der Waals surface area contributed by atoms with Gasteiger partial charge in [0, 0.05) is 44.8 Å². The van der Waals surface area contributed by atoms with Crippen LogP contribution in [0.4, 0.5) is 5.82 Å². The summed E-state index contributed by atoms with van der Waals surface area (Å²) >= 11 is 0. The Morgan fingerprint density at radius 1 is 1.32 bits per heavy atom. The molecule has 5 heteroatoms. The summed E-state index contributed by atoms with van der Waals surface area (Å²) in [4.78, 5) is 21.1. The van der Waals surface area contributed by atoms with Gasteiger partial charge in [0.1, 0.15) is 5.82 Å². The minimum atomic E-state index is 0.0857.